The summed E-state index contributed by atoms with van der Waals surface area (Å²) in [4.78, 5) is 15.2. The van der Waals surface area contributed by atoms with Crippen LogP contribution in [0.15, 0.2) is 83.8 Å². The van der Waals surface area contributed by atoms with Crippen molar-refractivity contribution in [2.24, 2.45) is 5.92 Å². The Labute approximate surface area is 190 Å². The average molecular weight is 449 g/mol. The van der Waals surface area contributed by atoms with Crippen LogP contribution in [0.3, 0.4) is 0 Å². The van der Waals surface area contributed by atoms with Crippen LogP contribution in [0, 0.1) is 12.8 Å². The van der Waals surface area contributed by atoms with E-state index in [4.69, 9.17) is 0 Å². The Balaban J connectivity index is 1.42. The number of carbonyl (C=O) groups is 1. The van der Waals surface area contributed by atoms with Crippen molar-refractivity contribution in [2.75, 3.05) is 17.8 Å². The summed E-state index contributed by atoms with van der Waals surface area (Å²) in [6.45, 7) is 3.26. The number of anilines is 1. The molecular formula is C26H28N2O3S. The number of hydrogen-bond donors (Lipinski definition) is 1. The summed E-state index contributed by atoms with van der Waals surface area (Å²) in [7, 11) is -3.72. The van der Waals surface area contributed by atoms with Gasteiger partial charge in [0.15, 0.2) is 0 Å². The molecule has 1 saturated heterocycles. The van der Waals surface area contributed by atoms with E-state index in [2.05, 4.69) is 29.0 Å². The van der Waals surface area contributed by atoms with Crippen molar-refractivity contribution in [1.82, 2.24) is 4.90 Å². The van der Waals surface area contributed by atoms with Gasteiger partial charge in [0.05, 0.1) is 10.6 Å². The molecule has 1 aliphatic rings. The number of amides is 1. The van der Waals surface area contributed by atoms with Crippen molar-refractivity contribution in [3.8, 4) is 0 Å². The molecule has 32 heavy (non-hydrogen) atoms. The van der Waals surface area contributed by atoms with Gasteiger partial charge < -0.3 is 4.90 Å². The second-order valence-electron chi connectivity index (χ2n) is 8.37. The van der Waals surface area contributed by atoms with Gasteiger partial charge in [-0.05, 0) is 67.5 Å². The molecule has 0 bridgehead atoms. The monoisotopic (exact) mass is 448 g/mol. The summed E-state index contributed by atoms with van der Waals surface area (Å²) in [5, 5.41) is 0. The molecule has 1 fully saturated rings. The lowest BCUT2D eigenvalue weighted by Gasteiger charge is -2.32. The van der Waals surface area contributed by atoms with Gasteiger partial charge in [-0.3, -0.25) is 9.52 Å². The Morgan fingerprint density at radius 3 is 2.22 bits per heavy atom. The fourth-order valence-corrected chi connectivity index (χ4v) is 5.28. The van der Waals surface area contributed by atoms with Gasteiger partial charge in [-0.25, -0.2) is 8.42 Å². The van der Waals surface area contributed by atoms with Gasteiger partial charge in [0.1, 0.15) is 0 Å². The van der Waals surface area contributed by atoms with Crippen LogP contribution in [0.2, 0.25) is 0 Å². The van der Waals surface area contributed by atoms with Gasteiger partial charge in [0.2, 0.25) is 0 Å². The van der Waals surface area contributed by atoms with Gasteiger partial charge in [0, 0.05) is 18.7 Å². The van der Waals surface area contributed by atoms with Crippen LogP contribution >= 0.6 is 0 Å². The first kappa shape index (κ1) is 22.1. The minimum Gasteiger partial charge on any atom is -0.339 e. The number of sulfonamides is 1. The largest absolute Gasteiger partial charge is 0.339 e. The fraction of sp³-hybridized carbons (Fsp3) is 0.269. The lowest BCUT2D eigenvalue weighted by molar-refractivity contribution is 0.0690. The first-order chi connectivity index (χ1) is 15.4. The summed E-state index contributed by atoms with van der Waals surface area (Å²) < 4.78 is 28.1. The minimum atomic E-state index is -3.72. The predicted molar refractivity (Wildman–Crippen MR) is 127 cm³/mol. The average Bonchev–Trinajstić information content (AvgIpc) is 2.82. The Kier molecular flexibility index (Phi) is 6.61. The van der Waals surface area contributed by atoms with Crippen LogP contribution in [0.5, 0.6) is 0 Å². The van der Waals surface area contributed by atoms with Gasteiger partial charge in [-0.1, -0.05) is 54.6 Å². The lowest BCUT2D eigenvalue weighted by atomic mass is 9.90. The normalized spacial score (nSPS) is 14.8. The SMILES string of the molecule is Cc1ccc(C(=O)N2CCC(Cc3ccccc3)CC2)cc1NS(=O)(=O)c1ccccc1. The molecule has 1 heterocycles. The zero-order chi connectivity index (χ0) is 22.6. The standard InChI is InChI=1S/C26H28N2O3S/c1-20-12-13-23(19-25(20)27-32(30,31)24-10-6-3-7-11-24)26(29)28-16-14-22(15-17-28)18-21-8-4-2-5-9-21/h2-13,19,22,27H,14-18H2,1H3. The molecule has 3 aromatic carbocycles. The maximum Gasteiger partial charge on any atom is 0.261 e. The van der Waals surface area contributed by atoms with E-state index in [1.54, 1.807) is 48.5 Å². The third kappa shape index (κ3) is 5.19. The lowest BCUT2D eigenvalue weighted by Crippen LogP contribution is -2.39. The van der Waals surface area contributed by atoms with Gasteiger partial charge in [-0.2, -0.15) is 0 Å². The molecule has 0 spiro atoms. The molecule has 4 rings (SSSR count). The molecule has 0 radical (unpaired) electrons. The summed E-state index contributed by atoms with van der Waals surface area (Å²) in [5.41, 5.74) is 3.04. The van der Waals surface area contributed by atoms with E-state index in [1.807, 2.05) is 17.9 Å². The number of likely N-dealkylation sites (tertiary alicyclic amines) is 1. The Morgan fingerprint density at radius 1 is 0.938 bits per heavy atom. The highest BCUT2D eigenvalue weighted by atomic mass is 32.2. The van der Waals surface area contributed by atoms with Gasteiger partial charge in [-0.15, -0.1) is 0 Å². The van der Waals surface area contributed by atoms with Crippen molar-refractivity contribution in [3.05, 3.63) is 95.6 Å². The van der Waals surface area contributed by atoms with Crippen LogP contribution in [0.4, 0.5) is 5.69 Å². The smallest absolute Gasteiger partial charge is 0.261 e. The summed E-state index contributed by atoms with van der Waals surface area (Å²) >= 11 is 0. The first-order valence-corrected chi connectivity index (χ1v) is 12.4. The van der Waals surface area contributed by atoms with E-state index < -0.39 is 10.0 Å². The molecule has 1 N–H and O–H groups in total. The number of benzene rings is 3. The van der Waals surface area contributed by atoms with Crippen molar-refractivity contribution >= 4 is 21.6 Å². The number of rotatable bonds is 6. The molecule has 0 unspecified atom stereocenters. The van der Waals surface area contributed by atoms with Crippen molar-refractivity contribution in [2.45, 2.75) is 31.1 Å². The molecule has 1 amide bonds. The van der Waals surface area contributed by atoms with Gasteiger partial charge >= 0.3 is 0 Å². The summed E-state index contributed by atoms with van der Waals surface area (Å²) in [6, 6.07) is 23.9. The quantitative estimate of drug-likeness (QED) is 0.584. The molecule has 3 aromatic rings. The van der Waals surface area contributed by atoms with E-state index >= 15 is 0 Å². The van der Waals surface area contributed by atoms with Crippen molar-refractivity contribution in [1.29, 1.82) is 0 Å². The molecular weight excluding hydrogens is 420 g/mol. The summed E-state index contributed by atoms with van der Waals surface area (Å²) in [6.07, 6.45) is 2.98. The fourth-order valence-electron chi connectivity index (χ4n) is 4.14. The molecule has 0 aromatic heterocycles. The number of nitrogens with one attached hydrogen (secondary N) is 1. The van der Waals surface area contributed by atoms with Crippen LogP contribution < -0.4 is 4.72 Å². The molecule has 166 valence electrons. The Morgan fingerprint density at radius 2 is 1.56 bits per heavy atom. The number of aryl methyl sites for hydroxylation is 1. The highest BCUT2D eigenvalue weighted by Gasteiger charge is 2.24. The zero-order valence-electron chi connectivity index (χ0n) is 18.2. The second-order valence-corrected chi connectivity index (χ2v) is 10.1. The maximum atomic E-state index is 13.1. The third-order valence-corrected chi connectivity index (χ3v) is 7.43. The Bertz CT molecular complexity index is 1170. The third-order valence-electron chi connectivity index (χ3n) is 6.05. The van der Waals surface area contributed by atoms with E-state index in [9.17, 15) is 13.2 Å². The molecule has 0 saturated carbocycles. The minimum absolute atomic E-state index is 0.0525. The molecule has 0 atom stereocenters. The van der Waals surface area contributed by atoms with Crippen LogP contribution in [0.25, 0.3) is 0 Å². The van der Waals surface area contributed by atoms with E-state index in [-0.39, 0.29) is 10.8 Å². The van der Waals surface area contributed by atoms with E-state index in [0.29, 0.717) is 17.2 Å². The predicted octanol–water partition coefficient (Wildman–Crippen LogP) is 4.89. The van der Waals surface area contributed by atoms with E-state index in [1.165, 1.54) is 5.56 Å². The number of piperidine rings is 1. The topological polar surface area (TPSA) is 66.5 Å². The van der Waals surface area contributed by atoms with Crippen LogP contribution in [-0.4, -0.2) is 32.3 Å². The number of carbonyl (C=O) groups excluding carboxylic acids is 1. The summed E-state index contributed by atoms with van der Waals surface area (Å²) in [5.74, 6) is 0.524. The number of hydrogen-bond acceptors (Lipinski definition) is 3. The van der Waals surface area contributed by atoms with E-state index in [0.717, 1.165) is 37.9 Å². The van der Waals surface area contributed by atoms with Gasteiger partial charge in [0.25, 0.3) is 15.9 Å². The zero-order valence-corrected chi connectivity index (χ0v) is 19.0. The molecule has 5 nitrogen and oxygen atoms in total. The second kappa shape index (κ2) is 9.57. The highest BCUT2D eigenvalue weighted by molar-refractivity contribution is 7.92. The highest BCUT2D eigenvalue weighted by Crippen LogP contribution is 2.25. The van der Waals surface area contributed by atoms with Crippen LogP contribution in [0.1, 0.15) is 34.3 Å². The first-order valence-electron chi connectivity index (χ1n) is 10.9. The maximum absolute atomic E-state index is 13.1. The van der Waals surface area contributed by atoms with Crippen molar-refractivity contribution in [3.63, 3.8) is 0 Å². The molecule has 6 heteroatoms. The molecule has 0 aliphatic carbocycles. The van der Waals surface area contributed by atoms with Crippen LogP contribution in [-0.2, 0) is 16.4 Å². The Hall–Kier alpha value is -3.12. The van der Waals surface area contributed by atoms with Crippen molar-refractivity contribution < 1.29 is 13.2 Å². The number of nitrogens with zero attached hydrogens (tertiary/aromatic N) is 1. The molecule has 1 aliphatic heterocycles.